The zero-order valence-electron chi connectivity index (χ0n) is 9.06. The Kier molecular flexibility index (Phi) is 5.31. The van der Waals surface area contributed by atoms with Gasteiger partial charge in [0.25, 0.3) is 5.91 Å². The Labute approximate surface area is 113 Å². The molecule has 0 heterocycles. The number of benzene rings is 1. The summed E-state index contributed by atoms with van der Waals surface area (Å²) in [6, 6.07) is 6.81. The summed E-state index contributed by atoms with van der Waals surface area (Å²) in [5.74, 6) is -0.446. The van der Waals surface area contributed by atoms with Crippen molar-refractivity contribution in [3.63, 3.8) is 0 Å². The fourth-order valence-electron chi connectivity index (χ4n) is 1.18. The quantitative estimate of drug-likeness (QED) is 0.550. The highest BCUT2D eigenvalue weighted by Gasteiger charge is 2.30. The molecule has 0 radical (unpaired) electrons. The first-order valence-electron chi connectivity index (χ1n) is 4.97. The van der Waals surface area contributed by atoms with Gasteiger partial charge in [-0.3, -0.25) is 4.79 Å². The van der Waals surface area contributed by atoms with Crippen LogP contribution in [0.4, 0.5) is 0 Å². The minimum absolute atomic E-state index is 0.408. The van der Waals surface area contributed by atoms with Crippen LogP contribution in [0.15, 0.2) is 24.3 Å². The molecule has 0 aliphatic heterocycles. The van der Waals surface area contributed by atoms with Crippen LogP contribution in [0.2, 0.25) is 0 Å². The number of carbonyl (C=O) groups is 1. The van der Waals surface area contributed by atoms with E-state index in [1.165, 1.54) is 0 Å². The van der Waals surface area contributed by atoms with E-state index in [1.54, 1.807) is 24.3 Å². The van der Waals surface area contributed by atoms with Gasteiger partial charge < -0.3 is 20.6 Å². The van der Waals surface area contributed by atoms with Gasteiger partial charge in [-0.05, 0) is 46.9 Å². The Hall–Kier alpha value is -0.700. The van der Waals surface area contributed by atoms with E-state index in [1.807, 2.05) is 0 Å². The molecule has 17 heavy (non-hydrogen) atoms. The molecule has 0 aliphatic rings. The molecule has 0 bridgehead atoms. The van der Waals surface area contributed by atoms with E-state index in [2.05, 4.69) is 27.9 Å². The van der Waals surface area contributed by atoms with Gasteiger partial charge in [-0.15, -0.1) is 0 Å². The molecule has 0 unspecified atom stereocenters. The van der Waals surface area contributed by atoms with E-state index in [9.17, 15) is 4.79 Å². The van der Waals surface area contributed by atoms with Crippen LogP contribution in [0.25, 0.3) is 0 Å². The normalized spacial score (nSPS) is 11.3. The topological polar surface area (TPSA) is 89.8 Å². The monoisotopic (exact) mass is 351 g/mol. The largest absolute Gasteiger partial charge is 0.394 e. The fraction of sp³-hybridized carbons (Fsp3) is 0.364. The van der Waals surface area contributed by atoms with Gasteiger partial charge in [0.05, 0.1) is 19.8 Å². The average molecular weight is 351 g/mol. The second-order valence-electron chi connectivity index (χ2n) is 3.72. The Morgan fingerprint density at radius 1 is 1.12 bits per heavy atom. The van der Waals surface area contributed by atoms with E-state index in [0.717, 1.165) is 3.57 Å². The molecule has 0 saturated heterocycles. The summed E-state index contributed by atoms with van der Waals surface area (Å²) in [6.45, 7) is -1.59. The van der Waals surface area contributed by atoms with Crippen LogP contribution in [0.5, 0.6) is 0 Å². The van der Waals surface area contributed by atoms with Crippen molar-refractivity contribution in [2.75, 3.05) is 19.8 Å². The maximum atomic E-state index is 11.8. The summed E-state index contributed by atoms with van der Waals surface area (Å²) >= 11 is 2.12. The van der Waals surface area contributed by atoms with Crippen molar-refractivity contribution in [3.8, 4) is 0 Å². The third-order valence-corrected chi connectivity index (χ3v) is 3.11. The number of nitrogens with one attached hydrogen (secondary N) is 1. The Morgan fingerprint density at radius 2 is 1.59 bits per heavy atom. The highest BCUT2D eigenvalue weighted by Crippen LogP contribution is 2.09. The highest BCUT2D eigenvalue weighted by atomic mass is 127. The molecule has 94 valence electrons. The smallest absolute Gasteiger partial charge is 0.251 e. The summed E-state index contributed by atoms with van der Waals surface area (Å²) in [5.41, 5.74) is -0.981. The molecule has 6 heteroatoms. The predicted molar refractivity (Wildman–Crippen MR) is 70.6 cm³/mol. The van der Waals surface area contributed by atoms with Gasteiger partial charge in [-0.25, -0.2) is 0 Å². The SMILES string of the molecule is O=C(NC(CO)(CO)CO)c1ccc(I)cc1. The van der Waals surface area contributed by atoms with Crippen molar-refractivity contribution < 1.29 is 20.1 Å². The van der Waals surface area contributed by atoms with Gasteiger partial charge in [0.1, 0.15) is 5.54 Å². The first-order valence-corrected chi connectivity index (χ1v) is 6.05. The average Bonchev–Trinajstić information content (AvgIpc) is 2.37. The Morgan fingerprint density at radius 3 is 2.00 bits per heavy atom. The Balaban J connectivity index is 2.81. The molecule has 0 aromatic heterocycles. The van der Waals surface area contributed by atoms with Crippen molar-refractivity contribution in [2.45, 2.75) is 5.54 Å². The first-order chi connectivity index (χ1) is 8.06. The van der Waals surface area contributed by atoms with E-state index in [0.29, 0.717) is 5.56 Å². The molecule has 5 nitrogen and oxygen atoms in total. The predicted octanol–water partition coefficient (Wildman–Crippen LogP) is -0.263. The van der Waals surface area contributed by atoms with E-state index >= 15 is 0 Å². The van der Waals surface area contributed by atoms with E-state index in [-0.39, 0.29) is 0 Å². The molecular formula is C11H14INO4. The molecule has 1 rings (SSSR count). The number of rotatable bonds is 5. The summed E-state index contributed by atoms with van der Waals surface area (Å²) in [6.07, 6.45) is 0. The minimum atomic E-state index is -1.39. The number of hydrogen-bond donors (Lipinski definition) is 4. The lowest BCUT2D eigenvalue weighted by Gasteiger charge is -2.28. The zero-order chi connectivity index (χ0) is 12.9. The summed E-state index contributed by atoms with van der Waals surface area (Å²) in [7, 11) is 0. The number of halogens is 1. The van der Waals surface area contributed by atoms with Crippen molar-refractivity contribution in [2.24, 2.45) is 0 Å². The Bertz CT molecular complexity index is 367. The van der Waals surface area contributed by atoms with Crippen LogP contribution >= 0.6 is 22.6 Å². The van der Waals surface area contributed by atoms with Crippen LogP contribution in [-0.4, -0.2) is 46.6 Å². The number of hydrogen-bond acceptors (Lipinski definition) is 4. The van der Waals surface area contributed by atoms with Gasteiger partial charge in [0.2, 0.25) is 0 Å². The van der Waals surface area contributed by atoms with E-state index < -0.39 is 31.3 Å². The molecule has 0 fully saturated rings. The van der Waals surface area contributed by atoms with Gasteiger partial charge in [-0.1, -0.05) is 0 Å². The molecule has 1 aromatic rings. The molecule has 0 atom stereocenters. The van der Waals surface area contributed by atoms with Crippen LogP contribution < -0.4 is 5.32 Å². The minimum Gasteiger partial charge on any atom is -0.394 e. The summed E-state index contributed by atoms with van der Waals surface area (Å²) < 4.78 is 0.997. The van der Waals surface area contributed by atoms with Crippen LogP contribution in [-0.2, 0) is 0 Å². The van der Waals surface area contributed by atoms with Crippen molar-refractivity contribution in [3.05, 3.63) is 33.4 Å². The fourth-order valence-corrected chi connectivity index (χ4v) is 1.54. The van der Waals surface area contributed by atoms with Gasteiger partial charge in [0, 0.05) is 9.13 Å². The molecule has 0 spiro atoms. The molecular weight excluding hydrogens is 337 g/mol. The van der Waals surface area contributed by atoms with Crippen molar-refractivity contribution >= 4 is 28.5 Å². The molecule has 1 aromatic carbocycles. The lowest BCUT2D eigenvalue weighted by molar-refractivity contribution is 0.0375. The number of carbonyl (C=O) groups excluding carboxylic acids is 1. The first kappa shape index (κ1) is 14.4. The second kappa shape index (κ2) is 6.29. The van der Waals surface area contributed by atoms with Crippen molar-refractivity contribution in [1.29, 1.82) is 0 Å². The second-order valence-corrected chi connectivity index (χ2v) is 4.96. The van der Waals surface area contributed by atoms with Crippen LogP contribution in [0.1, 0.15) is 10.4 Å². The molecule has 0 saturated carbocycles. The summed E-state index contributed by atoms with van der Waals surface area (Å²) in [5, 5.41) is 29.7. The number of amides is 1. The van der Waals surface area contributed by atoms with Crippen LogP contribution in [0, 0.1) is 3.57 Å². The van der Waals surface area contributed by atoms with Gasteiger partial charge in [-0.2, -0.15) is 0 Å². The van der Waals surface area contributed by atoms with Gasteiger partial charge >= 0.3 is 0 Å². The molecule has 4 N–H and O–H groups in total. The van der Waals surface area contributed by atoms with Crippen molar-refractivity contribution in [1.82, 2.24) is 5.32 Å². The standard InChI is InChI=1S/C11H14INO4/c12-9-3-1-8(2-4-9)10(17)13-11(5-14,6-15)7-16/h1-4,14-16H,5-7H2,(H,13,17). The van der Waals surface area contributed by atoms with Crippen LogP contribution in [0.3, 0.4) is 0 Å². The third-order valence-electron chi connectivity index (χ3n) is 2.39. The molecule has 0 aliphatic carbocycles. The third kappa shape index (κ3) is 3.63. The summed E-state index contributed by atoms with van der Waals surface area (Å²) in [4.78, 5) is 11.8. The lowest BCUT2D eigenvalue weighted by Crippen LogP contribution is -2.57. The highest BCUT2D eigenvalue weighted by molar-refractivity contribution is 14.1. The number of aliphatic hydroxyl groups excluding tert-OH is 3. The zero-order valence-corrected chi connectivity index (χ0v) is 11.2. The molecule has 1 amide bonds. The van der Waals surface area contributed by atoms with Gasteiger partial charge in [0.15, 0.2) is 0 Å². The lowest BCUT2D eigenvalue weighted by atomic mass is 10.0. The van der Waals surface area contributed by atoms with E-state index in [4.69, 9.17) is 15.3 Å². The maximum Gasteiger partial charge on any atom is 0.251 e. The number of aliphatic hydroxyl groups is 3. The maximum absolute atomic E-state index is 11.8.